The van der Waals surface area contributed by atoms with Gasteiger partial charge >= 0.3 is 0 Å². The molecular formula is C9H13Cl2N2O2-. The van der Waals surface area contributed by atoms with E-state index < -0.39 is 5.97 Å². The molecule has 4 nitrogen and oxygen atoms in total. The third kappa shape index (κ3) is 5.57. The van der Waals surface area contributed by atoms with Crippen LogP contribution in [-0.2, 0) is 4.79 Å². The largest absolute Gasteiger partial charge is 0.550 e. The first-order chi connectivity index (χ1) is 6.24. The lowest BCUT2D eigenvalue weighted by molar-refractivity contribution is -0.306. The minimum Gasteiger partial charge on any atom is -0.550 e. The minimum atomic E-state index is -1.07. The number of hydrogen-bond acceptors (Lipinski definition) is 4. The summed E-state index contributed by atoms with van der Waals surface area (Å²) < 4.78 is 0. The number of hydrogen-bond donors (Lipinski definition) is 1. The van der Waals surface area contributed by atoms with Crippen molar-refractivity contribution < 1.29 is 9.90 Å². The van der Waals surface area contributed by atoms with Gasteiger partial charge in [-0.1, -0.05) is 6.07 Å². The average Bonchev–Trinajstić information content (AvgIpc) is 2.15. The molecule has 1 heterocycles. The van der Waals surface area contributed by atoms with Crippen molar-refractivity contribution in [1.29, 1.82) is 0 Å². The van der Waals surface area contributed by atoms with Crippen LogP contribution in [0.15, 0.2) is 24.5 Å². The smallest absolute Gasteiger partial charge is 0.0433 e. The number of pyridine rings is 1. The molecule has 0 spiro atoms. The van der Waals surface area contributed by atoms with Crippen LogP contribution in [0, 0.1) is 0 Å². The standard InChI is InChI=1S/C9H12N2O2.2ClH/c1-10-8(5-9(12)13)7-3-2-4-11-6-7;;/h2-4,6,8,10H,5H2,1H3,(H,12,13);2*1H/p-1. The van der Waals surface area contributed by atoms with Gasteiger partial charge in [0.15, 0.2) is 0 Å². The lowest BCUT2D eigenvalue weighted by atomic mass is 10.1. The molecule has 1 N–H and O–H groups in total. The van der Waals surface area contributed by atoms with Gasteiger partial charge in [-0.05, 0) is 18.7 Å². The van der Waals surface area contributed by atoms with Crippen molar-refractivity contribution in [3.8, 4) is 0 Å². The van der Waals surface area contributed by atoms with Crippen LogP contribution in [0.5, 0.6) is 0 Å². The molecule has 86 valence electrons. The number of carbonyl (C=O) groups is 1. The lowest BCUT2D eigenvalue weighted by Crippen LogP contribution is -2.29. The highest BCUT2D eigenvalue weighted by atomic mass is 35.5. The Kier molecular flexibility index (Phi) is 9.36. The van der Waals surface area contributed by atoms with Crippen molar-refractivity contribution in [2.24, 2.45) is 0 Å². The molecule has 0 aliphatic rings. The van der Waals surface area contributed by atoms with Crippen LogP contribution in [0.4, 0.5) is 0 Å². The summed E-state index contributed by atoms with van der Waals surface area (Å²) in [6.45, 7) is 0. The van der Waals surface area contributed by atoms with Gasteiger partial charge in [0, 0.05) is 30.8 Å². The molecule has 6 heteroatoms. The van der Waals surface area contributed by atoms with Crippen molar-refractivity contribution in [1.82, 2.24) is 10.3 Å². The van der Waals surface area contributed by atoms with Gasteiger partial charge in [-0.3, -0.25) is 4.98 Å². The van der Waals surface area contributed by atoms with Gasteiger partial charge in [-0.15, -0.1) is 24.8 Å². The summed E-state index contributed by atoms with van der Waals surface area (Å²) in [5.74, 6) is -1.07. The van der Waals surface area contributed by atoms with Crippen molar-refractivity contribution in [2.75, 3.05) is 7.05 Å². The third-order valence-electron chi connectivity index (χ3n) is 1.81. The zero-order chi connectivity index (χ0) is 9.68. The van der Waals surface area contributed by atoms with Gasteiger partial charge in [0.25, 0.3) is 0 Å². The van der Waals surface area contributed by atoms with Gasteiger partial charge < -0.3 is 15.2 Å². The Morgan fingerprint density at radius 2 is 2.27 bits per heavy atom. The van der Waals surface area contributed by atoms with Crippen molar-refractivity contribution in [3.05, 3.63) is 30.1 Å². The summed E-state index contributed by atoms with van der Waals surface area (Å²) >= 11 is 0. The summed E-state index contributed by atoms with van der Waals surface area (Å²) in [5, 5.41) is 13.3. The maximum atomic E-state index is 10.4. The maximum Gasteiger partial charge on any atom is 0.0433 e. The molecule has 0 amide bonds. The zero-order valence-electron chi connectivity index (χ0n) is 8.17. The molecule has 1 rings (SSSR count). The van der Waals surface area contributed by atoms with E-state index in [0.29, 0.717) is 0 Å². The van der Waals surface area contributed by atoms with Crippen LogP contribution in [0.25, 0.3) is 0 Å². The topological polar surface area (TPSA) is 65.0 Å². The van der Waals surface area contributed by atoms with Crippen LogP contribution >= 0.6 is 24.8 Å². The Hall–Kier alpha value is -0.840. The molecule has 1 aromatic rings. The van der Waals surface area contributed by atoms with E-state index in [4.69, 9.17) is 0 Å². The first kappa shape index (κ1) is 16.6. The number of halogens is 2. The summed E-state index contributed by atoms with van der Waals surface area (Å²) in [6, 6.07) is 3.38. The second-order valence-corrected chi connectivity index (χ2v) is 2.70. The quantitative estimate of drug-likeness (QED) is 0.838. The van der Waals surface area contributed by atoms with Crippen LogP contribution in [0.1, 0.15) is 18.0 Å². The van der Waals surface area contributed by atoms with E-state index in [-0.39, 0.29) is 37.3 Å². The highest BCUT2D eigenvalue weighted by Gasteiger charge is 2.08. The first-order valence-electron chi connectivity index (χ1n) is 4.01. The predicted octanol–water partition coefficient (Wildman–Crippen LogP) is 0.326. The first-order valence-corrected chi connectivity index (χ1v) is 4.01. The SMILES string of the molecule is CNC(CC(=O)[O-])c1cccnc1.Cl.Cl. The second kappa shape index (κ2) is 8.47. The van der Waals surface area contributed by atoms with Crippen LogP contribution in [0.3, 0.4) is 0 Å². The Labute approximate surface area is 101 Å². The van der Waals surface area contributed by atoms with Gasteiger partial charge in [-0.2, -0.15) is 0 Å². The van der Waals surface area contributed by atoms with Crippen molar-refractivity contribution in [3.63, 3.8) is 0 Å². The summed E-state index contributed by atoms with van der Waals surface area (Å²) in [6.07, 6.45) is 3.25. The number of carboxylic acid groups (broad SMARTS) is 1. The summed E-state index contributed by atoms with van der Waals surface area (Å²) in [7, 11) is 1.71. The van der Waals surface area contributed by atoms with Gasteiger partial charge in [0.05, 0.1) is 0 Å². The number of nitrogens with zero attached hydrogens (tertiary/aromatic N) is 1. The Morgan fingerprint density at radius 3 is 2.67 bits per heavy atom. The van der Waals surface area contributed by atoms with Crippen LogP contribution in [0.2, 0.25) is 0 Å². The van der Waals surface area contributed by atoms with Gasteiger partial charge in [0.2, 0.25) is 0 Å². The van der Waals surface area contributed by atoms with Crippen molar-refractivity contribution in [2.45, 2.75) is 12.5 Å². The number of carboxylic acids is 1. The van der Waals surface area contributed by atoms with E-state index in [2.05, 4.69) is 10.3 Å². The monoisotopic (exact) mass is 251 g/mol. The van der Waals surface area contributed by atoms with Crippen LogP contribution in [-0.4, -0.2) is 18.0 Å². The van der Waals surface area contributed by atoms with E-state index in [0.717, 1.165) is 5.56 Å². The molecular weight excluding hydrogens is 239 g/mol. The molecule has 0 saturated heterocycles. The fourth-order valence-electron chi connectivity index (χ4n) is 1.14. The number of aliphatic carboxylic acids is 1. The molecule has 0 aliphatic heterocycles. The predicted molar refractivity (Wildman–Crippen MR) is 60.2 cm³/mol. The molecule has 0 aromatic carbocycles. The zero-order valence-corrected chi connectivity index (χ0v) is 9.81. The Morgan fingerprint density at radius 1 is 1.60 bits per heavy atom. The number of nitrogens with one attached hydrogen (secondary N) is 1. The van der Waals surface area contributed by atoms with E-state index in [1.54, 1.807) is 25.5 Å². The lowest BCUT2D eigenvalue weighted by Gasteiger charge is -2.16. The van der Waals surface area contributed by atoms with E-state index in [9.17, 15) is 9.90 Å². The maximum absolute atomic E-state index is 10.4. The molecule has 0 fully saturated rings. The average molecular weight is 252 g/mol. The summed E-state index contributed by atoms with van der Waals surface area (Å²) in [5.41, 5.74) is 0.856. The second-order valence-electron chi connectivity index (χ2n) is 2.70. The van der Waals surface area contributed by atoms with Crippen molar-refractivity contribution >= 4 is 30.8 Å². The fourth-order valence-corrected chi connectivity index (χ4v) is 1.14. The van der Waals surface area contributed by atoms with Gasteiger partial charge in [0.1, 0.15) is 0 Å². The van der Waals surface area contributed by atoms with E-state index >= 15 is 0 Å². The Bertz CT molecular complexity index is 283. The normalized spacial score (nSPS) is 10.7. The molecule has 1 atom stereocenters. The molecule has 0 aliphatic carbocycles. The summed E-state index contributed by atoms with van der Waals surface area (Å²) in [4.78, 5) is 14.3. The fraction of sp³-hybridized carbons (Fsp3) is 0.333. The molecule has 0 bridgehead atoms. The van der Waals surface area contributed by atoms with Gasteiger partial charge in [-0.25, -0.2) is 0 Å². The number of aromatic nitrogens is 1. The molecule has 1 unspecified atom stereocenters. The number of rotatable bonds is 4. The molecule has 0 radical (unpaired) electrons. The molecule has 1 aromatic heterocycles. The Balaban J connectivity index is 0. The minimum absolute atomic E-state index is 0. The highest BCUT2D eigenvalue weighted by Crippen LogP contribution is 2.13. The van der Waals surface area contributed by atoms with E-state index in [1.165, 1.54) is 0 Å². The molecule has 0 saturated carbocycles. The third-order valence-corrected chi connectivity index (χ3v) is 1.81. The van der Waals surface area contributed by atoms with E-state index in [1.807, 2.05) is 6.07 Å². The highest BCUT2D eigenvalue weighted by molar-refractivity contribution is 5.85. The van der Waals surface area contributed by atoms with Crippen LogP contribution < -0.4 is 10.4 Å². The molecule has 15 heavy (non-hydrogen) atoms. The number of carbonyl (C=O) groups excluding carboxylic acids is 1.